The smallest absolute Gasteiger partial charge is 0.0701 e. The summed E-state index contributed by atoms with van der Waals surface area (Å²) in [4.78, 5) is 1.47. The van der Waals surface area contributed by atoms with Crippen molar-refractivity contribution in [3.8, 4) is 0 Å². The van der Waals surface area contributed by atoms with Gasteiger partial charge in [-0.3, -0.25) is 0 Å². The summed E-state index contributed by atoms with van der Waals surface area (Å²) in [6, 6.07) is 4.96. The van der Waals surface area contributed by atoms with Gasteiger partial charge in [0.2, 0.25) is 0 Å². The molecule has 0 bridgehead atoms. The van der Waals surface area contributed by atoms with Crippen LogP contribution >= 0.6 is 27.3 Å². The highest BCUT2D eigenvalue weighted by molar-refractivity contribution is 9.11. The van der Waals surface area contributed by atoms with Gasteiger partial charge in [0.15, 0.2) is 0 Å². The van der Waals surface area contributed by atoms with Crippen LogP contribution in [0.1, 0.15) is 23.8 Å². The third-order valence-electron chi connectivity index (χ3n) is 2.00. The molecule has 0 spiro atoms. The van der Waals surface area contributed by atoms with E-state index in [0.29, 0.717) is 6.04 Å². The molecule has 11 heavy (non-hydrogen) atoms. The van der Waals surface area contributed by atoms with Crippen molar-refractivity contribution in [2.24, 2.45) is 0 Å². The number of halogens is 1. The second kappa shape index (κ2) is 3.25. The molecule has 1 saturated heterocycles. The summed E-state index contributed by atoms with van der Waals surface area (Å²) in [7, 11) is 0. The van der Waals surface area contributed by atoms with Crippen molar-refractivity contribution in [3.63, 3.8) is 0 Å². The third kappa shape index (κ3) is 1.66. The topological polar surface area (TPSA) is 12.0 Å². The monoisotopic (exact) mass is 231 g/mol. The van der Waals surface area contributed by atoms with Crippen LogP contribution in [0, 0.1) is 0 Å². The third-order valence-corrected chi connectivity index (χ3v) is 3.74. The highest BCUT2D eigenvalue weighted by Gasteiger charge is 2.16. The summed E-state index contributed by atoms with van der Waals surface area (Å²) in [6.45, 7) is 1.18. The molecule has 2 heterocycles. The van der Waals surface area contributed by atoms with Crippen LogP contribution in [0.25, 0.3) is 0 Å². The lowest BCUT2D eigenvalue weighted by atomic mass is 10.2. The molecule has 1 aromatic heterocycles. The first-order valence-electron chi connectivity index (χ1n) is 3.85. The van der Waals surface area contributed by atoms with Crippen LogP contribution in [0.4, 0.5) is 0 Å². The molecule has 0 saturated carbocycles. The van der Waals surface area contributed by atoms with E-state index in [1.165, 1.54) is 28.0 Å². The van der Waals surface area contributed by atoms with Crippen LogP contribution in [-0.2, 0) is 0 Å². The first-order chi connectivity index (χ1) is 5.36. The average molecular weight is 232 g/mol. The standard InChI is InChI=1S/C8H10BrNS/c9-8-4-3-7(11-8)6-2-1-5-10-6/h3-4,6,10H,1-2,5H2/t6-/m1/s1. The van der Waals surface area contributed by atoms with E-state index >= 15 is 0 Å². The van der Waals surface area contributed by atoms with Gasteiger partial charge in [-0.15, -0.1) is 11.3 Å². The minimum absolute atomic E-state index is 0.631. The van der Waals surface area contributed by atoms with Gasteiger partial charge in [0.05, 0.1) is 3.79 Å². The van der Waals surface area contributed by atoms with Crippen LogP contribution in [0.3, 0.4) is 0 Å². The van der Waals surface area contributed by atoms with Crippen LogP contribution in [0.15, 0.2) is 15.9 Å². The maximum absolute atomic E-state index is 3.48. The largest absolute Gasteiger partial charge is 0.309 e. The Labute approximate surface area is 78.9 Å². The van der Waals surface area contributed by atoms with Gasteiger partial charge in [-0.1, -0.05) is 0 Å². The van der Waals surface area contributed by atoms with Crippen LogP contribution in [-0.4, -0.2) is 6.54 Å². The van der Waals surface area contributed by atoms with E-state index in [4.69, 9.17) is 0 Å². The predicted octanol–water partition coefficient (Wildman–Crippen LogP) is 2.94. The van der Waals surface area contributed by atoms with Gasteiger partial charge in [-0.2, -0.15) is 0 Å². The Kier molecular flexibility index (Phi) is 2.30. The summed E-state index contributed by atoms with van der Waals surface area (Å²) in [6.07, 6.45) is 2.62. The molecule has 2 rings (SSSR count). The van der Waals surface area contributed by atoms with Crippen molar-refractivity contribution in [3.05, 3.63) is 20.8 Å². The minimum atomic E-state index is 0.631. The highest BCUT2D eigenvalue weighted by atomic mass is 79.9. The van der Waals surface area contributed by atoms with Crippen molar-refractivity contribution in [2.75, 3.05) is 6.54 Å². The Morgan fingerprint density at radius 3 is 3.00 bits per heavy atom. The van der Waals surface area contributed by atoms with Crippen molar-refractivity contribution in [1.82, 2.24) is 5.32 Å². The van der Waals surface area contributed by atoms with E-state index in [0.717, 1.165) is 0 Å². The molecular weight excluding hydrogens is 222 g/mol. The zero-order valence-electron chi connectivity index (χ0n) is 6.14. The second-order valence-corrected chi connectivity index (χ2v) is 5.29. The summed E-state index contributed by atoms with van der Waals surface area (Å²) in [5.41, 5.74) is 0. The van der Waals surface area contributed by atoms with Gasteiger partial charge in [0.25, 0.3) is 0 Å². The number of hydrogen-bond acceptors (Lipinski definition) is 2. The molecule has 1 aliphatic heterocycles. The zero-order valence-corrected chi connectivity index (χ0v) is 8.54. The van der Waals surface area contributed by atoms with E-state index in [1.807, 2.05) is 11.3 Å². The fourth-order valence-electron chi connectivity index (χ4n) is 1.44. The maximum Gasteiger partial charge on any atom is 0.0701 e. The lowest BCUT2D eigenvalue weighted by Gasteiger charge is -2.05. The molecular formula is C8H10BrNS. The molecule has 1 N–H and O–H groups in total. The Morgan fingerprint density at radius 1 is 1.55 bits per heavy atom. The van der Waals surface area contributed by atoms with Crippen LogP contribution in [0.5, 0.6) is 0 Å². The Hall–Kier alpha value is 0.140. The number of rotatable bonds is 1. The molecule has 0 unspecified atom stereocenters. The maximum atomic E-state index is 3.48. The van der Waals surface area contributed by atoms with Crippen LogP contribution in [0.2, 0.25) is 0 Å². The number of hydrogen-bond donors (Lipinski definition) is 1. The molecule has 1 fully saturated rings. The highest BCUT2D eigenvalue weighted by Crippen LogP contribution is 2.31. The van der Waals surface area contributed by atoms with Crippen molar-refractivity contribution >= 4 is 27.3 Å². The van der Waals surface area contributed by atoms with Crippen molar-refractivity contribution in [1.29, 1.82) is 0 Å². The molecule has 1 nitrogen and oxygen atoms in total. The van der Waals surface area contributed by atoms with E-state index < -0.39 is 0 Å². The van der Waals surface area contributed by atoms with E-state index in [1.54, 1.807) is 0 Å². The first-order valence-corrected chi connectivity index (χ1v) is 5.46. The van der Waals surface area contributed by atoms with Gasteiger partial charge in [0, 0.05) is 10.9 Å². The zero-order chi connectivity index (χ0) is 7.68. The van der Waals surface area contributed by atoms with Gasteiger partial charge in [-0.25, -0.2) is 0 Å². The Bertz CT molecular complexity index is 240. The molecule has 0 aliphatic carbocycles. The predicted molar refractivity (Wildman–Crippen MR) is 52.0 cm³/mol. The van der Waals surface area contributed by atoms with Gasteiger partial charge in [0.1, 0.15) is 0 Å². The van der Waals surface area contributed by atoms with Crippen LogP contribution < -0.4 is 5.32 Å². The molecule has 60 valence electrons. The van der Waals surface area contributed by atoms with Crippen molar-refractivity contribution in [2.45, 2.75) is 18.9 Å². The fourth-order valence-corrected chi connectivity index (χ4v) is 2.98. The number of thiophene rings is 1. The number of nitrogens with one attached hydrogen (secondary N) is 1. The summed E-state index contributed by atoms with van der Waals surface area (Å²) >= 11 is 5.31. The summed E-state index contributed by atoms with van der Waals surface area (Å²) < 4.78 is 1.24. The molecule has 0 amide bonds. The summed E-state index contributed by atoms with van der Waals surface area (Å²) in [5, 5.41) is 3.48. The SMILES string of the molecule is Brc1ccc([C@H]2CCCN2)s1. The minimum Gasteiger partial charge on any atom is -0.309 e. The lowest BCUT2D eigenvalue weighted by Crippen LogP contribution is -2.11. The van der Waals surface area contributed by atoms with E-state index in [9.17, 15) is 0 Å². The molecule has 0 aromatic carbocycles. The lowest BCUT2D eigenvalue weighted by molar-refractivity contribution is 0.660. The summed E-state index contributed by atoms with van der Waals surface area (Å²) in [5.74, 6) is 0. The average Bonchev–Trinajstić information content (AvgIpc) is 2.55. The fraction of sp³-hybridized carbons (Fsp3) is 0.500. The van der Waals surface area contributed by atoms with Gasteiger partial charge in [-0.05, 0) is 47.4 Å². The molecule has 0 radical (unpaired) electrons. The normalized spacial score (nSPS) is 24.3. The van der Waals surface area contributed by atoms with Gasteiger partial charge >= 0.3 is 0 Å². The quantitative estimate of drug-likeness (QED) is 0.784. The molecule has 1 aromatic rings. The molecule has 3 heteroatoms. The molecule has 1 aliphatic rings. The van der Waals surface area contributed by atoms with E-state index in [2.05, 4.69) is 33.4 Å². The van der Waals surface area contributed by atoms with Crippen molar-refractivity contribution < 1.29 is 0 Å². The molecule has 1 atom stereocenters. The van der Waals surface area contributed by atoms with Gasteiger partial charge < -0.3 is 5.32 Å². The first kappa shape index (κ1) is 7.77. The Balaban J connectivity index is 2.15. The second-order valence-electron chi connectivity index (χ2n) is 2.79. The van der Waals surface area contributed by atoms with E-state index in [-0.39, 0.29) is 0 Å². The Morgan fingerprint density at radius 2 is 2.45 bits per heavy atom.